The molecule has 2 heterocycles. The average molecular weight is 269 g/mol. The molecule has 2 rings (SSSR count). The molecule has 0 aromatic carbocycles. The Hall–Kier alpha value is -0.810. The van der Waals surface area contributed by atoms with Crippen molar-refractivity contribution >= 4 is 6.09 Å². The summed E-state index contributed by atoms with van der Waals surface area (Å²) in [6.45, 7) is 10.1. The highest BCUT2D eigenvalue weighted by molar-refractivity contribution is 5.68. The fourth-order valence-electron chi connectivity index (χ4n) is 3.19. The van der Waals surface area contributed by atoms with Crippen molar-refractivity contribution in [1.29, 1.82) is 0 Å². The van der Waals surface area contributed by atoms with Crippen molar-refractivity contribution < 1.29 is 9.53 Å². The number of amides is 1. The molecule has 2 saturated heterocycles. The fourth-order valence-corrected chi connectivity index (χ4v) is 3.19. The van der Waals surface area contributed by atoms with E-state index in [0.717, 1.165) is 26.2 Å². The molecule has 0 saturated carbocycles. The second-order valence-corrected chi connectivity index (χ2v) is 6.68. The number of nitrogens with zero attached hydrogens (tertiary/aromatic N) is 2. The van der Waals surface area contributed by atoms with E-state index in [0.29, 0.717) is 18.5 Å². The van der Waals surface area contributed by atoms with Gasteiger partial charge in [-0.15, -0.1) is 0 Å². The lowest BCUT2D eigenvalue weighted by molar-refractivity contribution is 0.0280. The highest BCUT2D eigenvalue weighted by Gasteiger charge is 2.41. The van der Waals surface area contributed by atoms with Crippen LogP contribution in [0.3, 0.4) is 0 Å². The zero-order valence-electron chi connectivity index (χ0n) is 12.4. The van der Waals surface area contributed by atoms with Crippen LogP contribution in [-0.2, 0) is 4.74 Å². The Morgan fingerprint density at radius 1 is 1.37 bits per heavy atom. The number of nitrogens with two attached hydrogens (primary N) is 1. The van der Waals surface area contributed by atoms with Gasteiger partial charge in [-0.05, 0) is 46.1 Å². The second kappa shape index (κ2) is 5.67. The summed E-state index contributed by atoms with van der Waals surface area (Å²) in [7, 11) is 0. The lowest BCUT2D eigenvalue weighted by Gasteiger charge is -2.36. The normalized spacial score (nSPS) is 28.3. The van der Waals surface area contributed by atoms with Gasteiger partial charge in [-0.3, -0.25) is 4.90 Å². The number of hydrogen-bond donors (Lipinski definition) is 1. The van der Waals surface area contributed by atoms with Gasteiger partial charge in [0.05, 0.1) is 0 Å². The van der Waals surface area contributed by atoms with Crippen molar-refractivity contribution in [3.05, 3.63) is 0 Å². The van der Waals surface area contributed by atoms with E-state index < -0.39 is 5.60 Å². The predicted octanol–water partition coefficient (Wildman–Crippen LogP) is 1.28. The van der Waals surface area contributed by atoms with Crippen LogP contribution in [0.4, 0.5) is 4.79 Å². The molecule has 0 radical (unpaired) electrons. The van der Waals surface area contributed by atoms with Crippen molar-refractivity contribution in [3.63, 3.8) is 0 Å². The first-order valence-electron chi connectivity index (χ1n) is 7.33. The Kier molecular flexibility index (Phi) is 4.36. The monoisotopic (exact) mass is 269 g/mol. The van der Waals surface area contributed by atoms with E-state index in [1.165, 1.54) is 12.8 Å². The largest absolute Gasteiger partial charge is 0.444 e. The molecular weight excluding hydrogens is 242 g/mol. The zero-order valence-corrected chi connectivity index (χ0v) is 12.4. The van der Waals surface area contributed by atoms with Gasteiger partial charge in [-0.25, -0.2) is 4.79 Å². The molecular formula is C14H27N3O2. The Morgan fingerprint density at radius 3 is 2.74 bits per heavy atom. The molecule has 0 aromatic rings. The van der Waals surface area contributed by atoms with Crippen LogP contribution >= 0.6 is 0 Å². The van der Waals surface area contributed by atoms with E-state index >= 15 is 0 Å². The molecule has 0 spiro atoms. The lowest BCUT2D eigenvalue weighted by Crippen LogP contribution is -2.47. The molecule has 19 heavy (non-hydrogen) atoms. The Balaban J connectivity index is 1.95. The second-order valence-electron chi connectivity index (χ2n) is 6.68. The molecule has 2 aliphatic rings. The van der Waals surface area contributed by atoms with E-state index in [4.69, 9.17) is 10.5 Å². The zero-order chi connectivity index (χ0) is 14.0. The first kappa shape index (κ1) is 14.6. The number of hydrogen-bond acceptors (Lipinski definition) is 4. The summed E-state index contributed by atoms with van der Waals surface area (Å²) in [5.74, 6) is 0.591. The van der Waals surface area contributed by atoms with E-state index in [9.17, 15) is 4.79 Å². The maximum Gasteiger partial charge on any atom is 0.410 e. The molecule has 2 aliphatic heterocycles. The van der Waals surface area contributed by atoms with E-state index in [1.807, 2.05) is 25.7 Å². The summed E-state index contributed by atoms with van der Waals surface area (Å²) in [6.07, 6.45) is 2.25. The van der Waals surface area contributed by atoms with Gasteiger partial charge >= 0.3 is 6.09 Å². The molecule has 110 valence electrons. The minimum absolute atomic E-state index is 0.172. The quantitative estimate of drug-likeness (QED) is 0.820. The maximum absolute atomic E-state index is 12.1. The van der Waals surface area contributed by atoms with Crippen LogP contribution in [-0.4, -0.2) is 60.3 Å². The number of likely N-dealkylation sites (tertiary alicyclic amines) is 2. The van der Waals surface area contributed by atoms with Gasteiger partial charge in [-0.2, -0.15) is 0 Å². The van der Waals surface area contributed by atoms with Gasteiger partial charge in [0.15, 0.2) is 0 Å². The van der Waals surface area contributed by atoms with E-state index in [1.54, 1.807) is 0 Å². The van der Waals surface area contributed by atoms with Crippen molar-refractivity contribution in [2.24, 2.45) is 11.7 Å². The minimum Gasteiger partial charge on any atom is -0.444 e. The van der Waals surface area contributed by atoms with E-state index in [2.05, 4.69) is 4.90 Å². The third-order valence-corrected chi connectivity index (χ3v) is 3.96. The fraction of sp³-hybridized carbons (Fsp3) is 0.929. The number of carbonyl (C=O) groups excluding carboxylic acids is 1. The Morgan fingerprint density at radius 2 is 2.11 bits per heavy atom. The van der Waals surface area contributed by atoms with Crippen LogP contribution in [0.15, 0.2) is 0 Å². The van der Waals surface area contributed by atoms with Gasteiger partial charge in [0.1, 0.15) is 5.60 Å². The first-order valence-corrected chi connectivity index (χ1v) is 7.33. The SMILES string of the molecule is CC(C)(C)OC(=O)N1C[C@H]2CCCN(CCN)[C@@H]2C1. The third kappa shape index (κ3) is 3.60. The summed E-state index contributed by atoms with van der Waals surface area (Å²) in [5.41, 5.74) is 5.26. The van der Waals surface area contributed by atoms with Crippen LogP contribution < -0.4 is 5.73 Å². The highest BCUT2D eigenvalue weighted by atomic mass is 16.6. The molecule has 0 aliphatic carbocycles. The molecule has 2 N–H and O–H groups in total. The molecule has 1 amide bonds. The molecule has 2 atom stereocenters. The molecule has 0 unspecified atom stereocenters. The Labute approximate surface area is 116 Å². The third-order valence-electron chi connectivity index (χ3n) is 3.96. The minimum atomic E-state index is -0.415. The van der Waals surface area contributed by atoms with Gasteiger partial charge in [0.25, 0.3) is 0 Å². The van der Waals surface area contributed by atoms with Crippen molar-refractivity contribution in [1.82, 2.24) is 9.80 Å². The van der Waals surface area contributed by atoms with Crippen LogP contribution in [0.2, 0.25) is 0 Å². The number of rotatable bonds is 2. The lowest BCUT2D eigenvalue weighted by atomic mass is 9.92. The van der Waals surface area contributed by atoms with Gasteiger partial charge in [0, 0.05) is 32.2 Å². The number of fused-ring (bicyclic) bond motifs is 1. The molecule has 0 bridgehead atoms. The van der Waals surface area contributed by atoms with Crippen LogP contribution in [0.1, 0.15) is 33.6 Å². The average Bonchev–Trinajstić information content (AvgIpc) is 2.72. The molecule has 5 heteroatoms. The smallest absolute Gasteiger partial charge is 0.410 e. The predicted molar refractivity (Wildman–Crippen MR) is 74.9 cm³/mol. The maximum atomic E-state index is 12.1. The highest BCUT2D eigenvalue weighted by Crippen LogP contribution is 2.31. The van der Waals surface area contributed by atoms with Crippen molar-refractivity contribution in [3.8, 4) is 0 Å². The van der Waals surface area contributed by atoms with E-state index in [-0.39, 0.29) is 6.09 Å². The summed E-state index contributed by atoms with van der Waals surface area (Å²) >= 11 is 0. The van der Waals surface area contributed by atoms with Crippen molar-refractivity contribution in [2.75, 3.05) is 32.7 Å². The summed E-state index contributed by atoms with van der Waals surface area (Å²) in [4.78, 5) is 16.4. The summed E-state index contributed by atoms with van der Waals surface area (Å²) < 4.78 is 5.47. The number of ether oxygens (including phenoxy) is 1. The van der Waals surface area contributed by atoms with Crippen LogP contribution in [0.25, 0.3) is 0 Å². The molecule has 0 aromatic heterocycles. The van der Waals surface area contributed by atoms with Crippen LogP contribution in [0.5, 0.6) is 0 Å². The van der Waals surface area contributed by atoms with Gasteiger partial charge in [-0.1, -0.05) is 0 Å². The molecule has 5 nitrogen and oxygen atoms in total. The van der Waals surface area contributed by atoms with Gasteiger partial charge < -0.3 is 15.4 Å². The van der Waals surface area contributed by atoms with Crippen molar-refractivity contribution in [2.45, 2.75) is 45.3 Å². The molecule has 2 fully saturated rings. The number of carbonyl (C=O) groups is 1. The first-order chi connectivity index (χ1) is 8.90. The topological polar surface area (TPSA) is 58.8 Å². The summed E-state index contributed by atoms with van der Waals surface area (Å²) in [5, 5.41) is 0. The Bertz CT molecular complexity index is 325. The summed E-state index contributed by atoms with van der Waals surface area (Å²) in [6, 6.07) is 0.477. The van der Waals surface area contributed by atoms with Crippen LogP contribution in [0, 0.1) is 5.92 Å². The standard InChI is InChI=1S/C14H27N3O2/c1-14(2,3)19-13(18)17-9-11-5-4-7-16(8-6-15)12(11)10-17/h11-12H,4-10,15H2,1-3H3/t11-,12-/m1/s1. The number of piperidine rings is 1. The van der Waals surface area contributed by atoms with Gasteiger partial charge in [0.2, 0.25) is 0 Å².